The zero-order valence-electron chi connectivity index (χ0n) is 15.4. The summed E-state index contributed by atoms with van der Waals surface area (Å²) in [5.41, 5.74) is 2.23. The minimum atomic E-state index is 0.0755. The minimum Gasteiger partial charge on any atom is -0.348 e. The van der Waals surface area contributed by atoms with E-state index in [-0.39, 0.29) is 5.91 Å². The Kier molecular flexibility index (Phi) is 6.16. The fourth-order valence-electron chi connectivity index (χ4n) is 2.81. The molecule has 3 rings (SSSR count). The van der Waals surface area contributed by atoms with Crippen molar-refractivity contribution in [3.05, 3.63) is 34.6 Å². The third-order valence-corrected chi connectivity index (χ3v) is 4.85. The summed E-state index contributed by atoms with van der Waals surface area (Å²) < 4.78 is 3.87. The third kappa shape index (κ3) is 4.98. The molecule has 2 aromatic rings. The molecule has 1 aromatic heterocycles. The van der Waals surface area contributed by atoms with Gasteiger partial charge < -0.3 is 10.2 Å². The van der Waals surface area contributed by atoms with Crippen molar-refractivity contribution in [3.8, 4) is 5.69 Å². The summed E-state index contributed by atoms with van der Waals surface area (Å²) in [4.78, 5) is 12.9. The molecule has 1 fully saturated rings. The highest BCUT2D eigenvalue weighted by molar-refractivity contribution is 7.71. The number of nitrogens with one attached hydrogen (secondary N) is 2. The highest BCUT2D eigenvalue weighted by atomic mass is 32.1. The number of hydrogen-bond donors (Lipinski definition) is 2. The number of benzene rings is 1. The number of tetrazole rings is 1. The molecule has 0 saturated heterocycles. The molecule has 0 spiro atoms. The predicted molar refractivity (Wildman–Crippen MR) is 102 cm³/mol. The molecule has 0 radical (unpaired) electrons. The SMILES string of the molecule is CCCCc1ccc(-n2nnn(C[NH+](C)CC(=O)NC3CC3)c2=S)cc1. The van der Waals surface area contributed by atoms with Crippen molar-refractivity contribution in [2.45, 2.75) is 51.7 Å². The van der Waals surface area contributed by atoms with E-state index >= 15 is 0 Å². The Balaban J connectivity index is 1.61. The van der Waals surface area contributed by atoms with E-state index < -0.39 is 0 Å². The molecule has 26 heavy (non-hydrogen) atoms. The zero-order valence-corrected chi connectivity index (χ0v) is 16.3. The monoisotopic (exact) mass is 375 g/mol. The second-order valence-corrected chi connectivity index (χ2v) is 7.44. The van der Waals surface area contributed by atoms with Gasteiger partial charge in [-0.3, -0.25) is 4.79 Å². The van der Waals surface area contributed by atoms with Gasteiger partial charge in [-0.15, -0.1) is 0 Å². The molecule has 1 heterocycles. The highest BCUT2D eigenvalue weighted by Crippen LogP contribution is 2.18. The van der Waals surface area contributed by atoms with Crippen molar-refractivity contribution in [1.29, 1.82) is 0 Å². The van der Waals surface area contributed by atoms with Crippen molar-refractivity contribution in [2.75, 3.05) is 13.6 Å². The summed E-state index contributed by atoms with van der Waals surface area (Å²) >= 11 is 5.51. The molecular formula is C18H27N6OS+. The molecule has 0 bridgehead atoms. The molecule has 1 aromatic carbocycles. The van der Waals surface area contributed by atoms with Gasteiger partial charge in [-0.25, -0.2) is 0 Å². The maximum absolute atomic E-state index is 11.9. The second kappa shape index (κ2) is 8.55. The number of quaternary nitrogens is 1. The minimum absolute atomic E-state index is 0.0755. The van der Waals surface area contributed by atoms with E-state index in [1.54, 1.807) is 9.36 Å². The lowest BCUT2D eigenvalue weighted by molar-refractivity contribution is -0.895. The number of amides is 1. The fraction of sp³-hybridized carbons (Fsp3) is 0.556. The summed E-state index contributed by atoms with van der Waals surface area (Å²) in [7, 11) is 1.95. The molecule has 1 aliphatic carbocycles. The molecular weight excluding hydrogens is 348 g/mol. The summed E-state index contributed by atoms with van der Waals surface area (Å²) in [6.45, 7) is 3.10. The molecule has 0 aliphatic heterocycles. The van der Waals surface area contributed by atoms with Crippen molar-refractivity contribution < 1.29 is 9.69 Å². The van der Waals surface area contributed by atoms with Crippen LogP contribution in [0.25, 0.3) is 5.69 Å². The summed E-state index contributed by atoms with van der Waals surface area (Å²) in [5.74, 6) is 0.0755. The Bertz CT molecular complexity index is 793. The number of likely N-dealkylation sites (N-methyl/N-ethyl adjacent to an activating group) is 1. The number of carbonyl (C=O) groups excluding carboxylic acids is 1. The van der Waals surface area contributed by atoms with Crippen LogP contribution in [0.5, 0.6) is 0 Å². The molecule has 2 N–H and O–H groups in total. The maximum Gasteiger partial charge on any atom is 0.275 e. The van der Waals surface area contributed by atoms with Crippen LogP contribution in [-0.4, -0.2) is 45.3 Å². The number of aryl methyl sites for hydroxylation is 1. The molecule has 1 aliphatic rings. The van der Waals surface area contributed by atoms with Gasteiger partial charge in [0.05, 0.1) is 12.7 Å². The normalized spacial score (nSPS) is 15.0. The van der Waals surface area contributed by atoms with Crippen LogP contribution in [0.1, 0.15) is 38.2 Å². The lowest BCUT2D eigenvalue weighted by Gasteiger charge is -2.12. The van der Waals surface area contributed by atoms with Gasteiger partial charge in [0.15, 0.2) is 13.2 Å². The van der Waals surface area contributed by atoms with Crippen LogP contribution in [0, 0.1) is 4.77 Å². The molecule has 1 saturated carbocycles. The van der Waals surface area contributed by atoms with E-state index in [4.69, 9.17) is 12.2 Å². The second-order valence-electron chi connectivity index (χ2n) is 7.08. The number of rotatable bonds is 9. The van der Waals surface area contributed by atoms with Gasteiger partial charge in [-0.2, -0.15) is 9.36 Å². The number of unbranched alkanes of at least 4 members (excludes halogenated alkanes) is 1. The van der Waals surface area contributed by atoms with Crippen LogP contribution in [0.3, 0.4) is 0 Å². The zero-order chi connectivity index (χ0) is 18.5. The quantitative estimate of drug-likeness (QED) is 0.639. The van der Waals surface area contributed by atoms with E-state index in [0.717, 1.165) is 29.8 Å². The lowest BCUT2D eigenvalue weighted by Crippen LogP contribution is -3.09. The van der Waals surface area contributed by atoms with Crippen LogP contribution >= 0.6 is 12.2 Å². The van der Waals surface area contributed by atoms with Gasteiger partial charge in [0, 0.05) is 6.04 Å². The average Bonchev–Trinajstić information content (AvgIpc) is 3.36. The molecule has 1 amide bonds. The van der Waals surface area contributed by atoms with Crippen molar-refractivity contribution >= 4 is 18.1 Å². The molecule has 7 nitrogen and oxygen atoms in total. The van der Waals surface area contributed by atoms with Gasteiger partial charge in [0.2, 0.25) is 4.77 Å². The van der Waals surface area contributed by atoms with E-state index in [2.05, 4.69) is 34.8 Å². The molecule has 1 unspecified atom stereocenters. The van der Waals surface area contributed by atoms with Crippen molar-refractivity contribution in [1.82, 2.24) is 25.1 Å². The number of nitrogens with zero attached hydrogens (tertiary/aromatic N) is 4. The Morgan fingerprint density at radius 2 is 2.04 bits per heavy atom. The first-order chi connectivity index (χ1) is 12.6. The van der Waals surface area contributed by atoms with E-state index in [9.17, 15) is 4.79 Å². The van der Waals surface area contributed by atoms with E-state index in [1.165, 1.54) is 18.4 Å². The summed E-state index contributed by atoms with van der Waals surface area (Å²) in [6, 6.07) is 8.68. The van der Waals surface area contributed by atoms with E-state index in [0.29, 0.717) is 24.0 Å². The highest BCUT2D eigenvalue weighted by Gasteiger charge is 2.24. The summed E-state index contributed by atoms with van der Waals surface area (Å²) in [6.07, 6.45) is 5.67. The summed E-state index contributed by atoms with van der Waals surface area (Å²) in [5, 5.41) is 11.3. The first-order valence-electron chi connectivity index (χ1n) is 9.29. The first-order valence-corrected chi connectivity index (χ1v) is 9.70. The Morgan fingerprint density at radius 3 is 2.69 bits per heavy atom. The van der Waals surface area contributed by atoms with Crippen LogP contribution in [0.15, 0.2) is 24.3 Å². The van der Waals surface area contributed by atoms with Crippen LogP contribution < -0.4 is 10.2 Å². The Labute approximate surface area is 159 Å². The number of aromatic nitrogens is 4. The van der Waals surface area contributed by atoms with Gasteiger partial charge in [0.25, 0.3) is 5.91 Å². The van der Waals surface area contributed by atoms with Gasteiger partial charge in [-0.05, 0) is 66.0 Å². The largest absolute Gasteiger partial charge is 0.348 e. The standard InChI is InChI=1S/C18H26N6OS/c1-3-4-5-14-6-10-16(11-7-14)24-18(26)23(20-21-24)13-22(2)12-17(25)19-15-8-9-15/h6-7,10-11,15H,3-5,8-9,12-13H2,1-2H3,(H,19,25)/p+1. The van der Waals surface area contributed by atoms with Crippen molar-refractivity contribution in [3.63, 3.8) is 0 Å². The third-order valence-electron chi connectivity index (χ3n) is 4.46. The van der Waals surface area contributed by atoms with Crippen molar-refractivity contribution in [2.24, 2.45) is 0 Å². The maximum atomic E-state index is 11.9. The molecule has 140 valence electrons. The number of hydrogen-bond acceptors (Lipinski definition) is 4. The van der Waals surface area contributed by atoms with Crippen LogP contribution in [-0.2, 0) is 17.9 Å². The lowest BCUT2D eigenvalue weighted by atomic mass is 10.1. The predicted octanol–water partition coefficient (Wildman–Crippen LogP) is 0.892. The average molecular weight is 376 g/mol. The Hall–Kier alpha value is -2.06. The first kappa shape index (κ1) is 18.7. The van der Waals surface area contributed by atoms with E-state index in [1.807, 2.05) is 19.2 Å². The Morgan fingerprint density at radius 1 is 1.31 bits per heavy atom. The number of carbonyl (C=O) groups is 1. The topological polar surface area (TPSA) is 69.2 Å². The van der Waals surface area contributed by atoms with Crippen LogP contribution in [0.2, 0.25) is 0 Å². The molecule has 1 atom stereocenters. The smallest absolute Gasteiger partial charge is 0.275 e. The van der Waals surface area contributed by atoms with Gasteiger partial charge >= 0.3 is 0 Å². The van der Waals surface area contributed by atoms with Gasteiger partial charge in [-0.1, -0.05) is 25.5 Å². The fourth-order valence-corrected chi connectivity index (χ4v) is 3.06. The van der Waals surface area contributed by atoms with Gasteiger partial charge in [0.1, 0.15) is 0 Å². The van der Waals surface area contributed by atoms with Crippen LogP contribution in [0.4, 0.5) is 0 Å². The molecule has 8 heteroatoms.